The van der Waals surface area contributed by atoms with Crippen molar-refractivity contribution in [2.24, 2.45) is 11.8 Å². The number of carbonyl (C=O) groups is 1. The van der Waals surface area contributed by atoms with Gasteiger partial charge in [0.2, 0.25) is 0 Å². The number of hydrogen-bond acceptors (Lipinski definition) is 5. The third-order valence-electron chi connectivity index (χ3n) is 5.02. The molecule has 0 amide bonds. The molecule has 0 aromatic rings. The molecule has 2 aliphatic rings. The van der Waals surface area contributed by atoms with Crippen molar-refractivity contribution in [1.29, 1.82) is 0 Å². The number of β-amino-alcohol motifs (C(OH)–C–C–N with tert-alkyl or cyclic N) is 1. The highest BCUT2D eigenvalue weighted by molar-refractivity contribution is 5.72. The zero-order valence-corrected chi connectivity index (χ0v) is 13.1. The van der Waals surface area contributed by atoms with Crippen LogP contribution in [0.5, 0.6) is 0 Å². The van der Waals surface area contributed by atoms with Gasteiger partial charge in [0.05, 0.1) is 18.1 Å². The number of nitrogens with zero attached hydrogens (tertiary/aromatic N) is 1. The lowest BCUT2D eigenvalue weighted by molar-refractivity contribution is -0.151. The molecular formula is C16H29NO4. The van der Waals surface area contributed by atoms with Crippen LogP contribution in [0.1, 0.15) is 45.4 Å². The van der Waals surface area contributed by atoms with Crippen molar-refractivity contribution in [2.75, 3.05) is 32.8 Å². The van der Waals surface area contributed by atoms with Crippen molar-refractivity contribution in [2.45, 2.75) is 51.0 Å². The van der Waals surface area contributed by atoms with E-state index < -0.39 is 5.60 Å². The summed E-state index contributed by atoms with van der Waals surface area (Å²) in [6.45, 7) is 5.14. The Morgan fingerprint density at radius 3 is 2.38 bits per heavy atom. The number of likely N-dealkylation sites (tertiary alicyclic amines) is 1. The lowest BCUT2D eigenvalue weighted by atomic mass is 9.78. The van der Waals surface area contributed by atoms with Crippen molar-refractivity contribution >= 4 is 5.97 Å². The first-order valence-electron chi connectivity index (χ1n) is 8.28. The molecule has 0 unspecified atom stereocenters. The van der Waals surface area contributed by atoms with E-state index in [0.717, 1.165) is 38.8 Å². The number of aliphatic hydroxyl groups is 2. The molecule has 0 radical (unpaired) electrons. The van der Waals surface area contributed by atoms with Crippen LogP contribution in [0, 0.1) is 11.8 Å². The molecule has 2 fully saturated rings. The minimum atomic E-state index is -0.658. The van der Waals surface area contributed by atoms with Crippen LogP contribution in [-0.4, -0.2) is 59.5 Å². The van der Waals surface area contributed by atoms with Gasteiger partial charge in [-0.1, -0.05) is 0 Å². The van der Waals surface area contributed by atoms with Crippen LogP contribution in [0.25, 0.3) is 0 Å². The van der Waals surface area contributed by atoms with Gasteiger partial charge < -0.3 is 19.8 Å². The van der Waals surface area contributed by atoms with Gasteiger partial charge in [-0.2, -0.15) is 0 Å². The predicted octanol–water partition coefficient (Wildman–Crippen LogP) is 1.18. The summed E-state index contributed by atoms with van der Waals surface area (Å²) in [4.78, 5) is 14.0. The van der Waals surface area contributed by atoms with Crippen LogP contribution >= 0.6 is 0 Å². The van der Waals surface area contributed by atoms with Gasteiger partial charge in [0.25, 0.3) is 0 Å². The lowest BCUT2D eigenvalue weighted by Gasteiger charge is -2.41. The van der Waals surface area contributed by atoms with Gasteiger partial charge in [-0.3, -0.25) is 4.79 Å². The molecule has 1 saturated heterocycles. The lowest BCUT2D eigenvalue weighted by Crippen LogP contribution is -2.48. The summed E-state index contributed by atoms with van der Waals surface area (Å²) in [5.74, 6) is 0.282. The van der Waals surface area contributed by atoms with Crippen molar-refractivity contribution in [3.63, 3.8) is 0 Å². The summed E-state index contributed by atoms with van der Waals surface area (Å²) in [7, 11) is 0. The first-order valence-corrected chi connectivity index (χ1v) is 8.28. The van der Waals surface area contributed by atoms with Gasteiger partial charge in [-0.15, -0.1) is 0 Å². The number of esters is 1. The van der Waals surface area contributed by atoms with Crippen molar-refractivity contribution in [3.05, 3.63) is 0 Å². The molecule has 1 saturated carbocycles. The quantitative estimate of drug-likeness (QED) is 0.746. The van der Waals surface area contributed by atoms with Crippen LogP contribution in [0.15, 0.2) is 0 Å². The molecule has 2 rings (SSSR count). The fourth-order valence-corrected chi connectivity index (χ4v) is 3.55. The zero-order chi connectivity index (χ0) is 15.3. The Balaban J connectivity index is 1.76. The Morgan fingerprint density at radius 2 is 1.86 bits per heavy atom. The third-order valence-corrected chi connectivity index (χ3v) is 5.02. The number of ether oxygens (including phenoxy) is 1. The fourth-order valence-electron chi connectivity index (χ4n) is 3.55. The van der Waals surface area contributed by atoms with E-state index in [1.807, 2.05) is 6.92 Å². The molecule has 0 aromatic carbocycles. The van der Waals surface area contributed by atoms with E-state index in [9.17, 15) is 9.90 Å². The number of piperidine rings is 1. The maximum Gasteiger partial charge on any atom is 0.308 e. The molecule has 0 spiro atoms. The minimum absolute atomic E-state index is 0.0367. The highest BCUT2D eigenvalue weighted by Crippen LogP contribution is 2.34. The molecule has 0 bridgehead atoms. The van der Waals surface area contributed by atoms with E-state index in [2.05, 4.69) is 4.90 Å². The van der Waals surface area contributed by atoms with E-state index in [1.165, 1.54) is 0 Å². The van der Waals surface area contributed by atoms with E-state index in [0.29, 0.717) is 31.9 Å². The van der Waals surface area contributed by atoms with Crippen molar-refractivity contribution < 1.29 is 19.7 Å². The highest BCUT2D eigenvalue weighted by atomic mass is 16.5. The topological polar surface area (TPSA) is 70.0 Å². The molecule has 5 heteroatoms. The SMILES string of the molecule is CCOC(=O)C1CCC(O)(CN2CCC(CO)CC2)CC1. The number of aliphatic hydroxyl groups excluding tert-OH is 1. The maximum atomic E-state index is 11.7. The van der Waals surface area contributed by atoms with Crippen molar-refractivity contribution in [3.8, 4) is 0 Å². The van der Waals surface area contributed by atoms with Crippen LogP contribution in [0.4, 0.5) is 0 Å². The Morgan fingerprint density at radius 1 is 1.24 bits per heavy atom. The van der Waals surface area contributed by atoms with Gasteiger partial charge in [0.1, 0.15) is 0 Å². The van der Waals surface area contributed by atoms with Gasteiger partial charge in [0.15, 0.2) is 0 Å². The molecular weight excluding hydrogens is 270 g/mol. The van der Waals surface area contributed by atoms with E-state index >= 15 is 0 Å². The second kappa shape index (κ2) is 7.56. The van der Waals surface area contributed by atoms with Gasteiger partial charge in [0, 0.05) is 13.2 Å². The molecule has 122 valence electrons. The van der Waals surface area contributed by atoms with E-state index in [4.69, 9.17) is 9.84 Å². The smallest absolute Gasteiger partial charge is 0.308 e. The molecule has 2 N–H and O–H groups in total. The molecule has 5 nitrogen and oxygen atoms in total. The summed E-state index contributed by atoms with van der Waals surface area (Å²) in [6.07, 6.45) is 4.83. The summed E-state index contributed by atoms with van der Waals surface area (Å²) >= 11 is 0. The van der Waals surface area contributed by atoms with Crippen molar-refractivity contribution in [1.82, 2.24) is 4.90 Å². The van der Waals surface area contributed by atoms with Crippen LogP contribution in [-0.2, 0) is 9.53 Å². The predicted molar refractivity (Wildman–Crippen MR) is 79.8 cm³/mol. The van der Waals surface area contributed by atoms with E-state index in [-0.39, 0.29) is 18.5 Å². The standard InChI is InChI=1S/C16H29NO4/c1-2-21-15(19)14-3-7-16(20,8-4-14)12-17-9-5-13(11-18)6-10-17/h13-14,18,20H,2-12H2,1H3. The van der Waals surface area contributed by atoms with Crippen LogP contribution < -0.4 is 0 Å². The first kappa shape index (κ1) is 16.7. The van der Waals surface area contributed by atoms with Gasteiger partial charge in [-0.25, -0.2) is 0 Å². The maximum absolute atomic E-state index is 11.7. The Kier molecular flexibility index (Phi) is 6.02. The third kappa shape index (κ3) is 4.66. The van der Waals surface area contributed by atoms with E-state index in [1.54, 1.807) is 0 Å². The number of hydrogen-bond donors (Lipinski definition) is 2. The average Bonchev–Trinajstić information content (AvgIpc) is 2.48. The summed E-state index contributed by atoms with van der Waals surface area (Å²) < 4.78 is 5.07. The Bertz CT molecular complexity index is 331. The molecule has 1 heterocycles. The second-order valence-electron chi connectivity index (χ2n) is 6.65. The normalized spacial score (nSPS) is 32.0. The van der Waals surface area contributed by atoms with Gasteiger partial charge in [-0.05, 0) is 64.5 Å². The molecule has 21 heavy (non-hydrogen) atoms. The summed E-state index contributed by atoms with van der Waals surface area (Å²) in [5.41, 5.74) is -0.658. The minimum Gasteiger partial charge on any atom is -0.466 e. The molecule has 0 aromatic heterocycles. The fraction of sp³-hybridized carbons (Fsp3) is 0.938. The second-order valence-corrected chi connectivity index (χ2v) is 6.65. The van der Waals surface area contributed by atoms with Crippen LogP contribution in [0.2, 0.25) is 0 Å². The Hall–Kier alpha value is -0.650. The summed E-state index contributed by atoms with van der Waals surface area (Å²) in [6, 6.07) is 0. The first-order chi connectivity index (χ1) is 10.1. The average molecular weight is 299 g/mol. The Labute approximate surface area is 127 Å². The number of carbonyl (C=O) groups excluding carboxylic acids is 1. The van der Waals surface area contributed by atoms with Crippen LogP contribution in [0.3, 0.4) is 0 Å². The molecule has 0 atom stereocenters. The largest absolute Gasteiger partial charge is 0.466 e. The van der Waals surface area contributed by atoms with Gasteiger partial charge >= 0.3 is 5.97 Å². The zero-order valence-electron chi connectivity index (χ0n) is 13.1. The monoisotopic (exact) mass is 299 g/mol. The molecule has 1 aliphatic carbocycles. The summed E-state index contributed by atoms with van der Waals surface area (Å²) in [5, 5.41) is 19.9. The highest BCUT2D eigenvalue weighted by Gasteiger charge is 2.38. The molecule has 1 aliphatic heterocycles. The number of rotatable bonds is 5.